The van der Waals surface area contributed by atoms with Crippen molar-refractivity contribution >= 4 is 22.7 Å². The van der Waals surface area contributed by atoms with E-state index in [1.807, 2.05) is 4.90 Å². The molecule has 0 radical (unpaired) electrons. The van der Waals surface area contributed by atoms with Gasteiger partial charge in [-0.3, -0.25) is 0 Å². The van der Waals surface area contributed by atoms with Crippen LogP contribution in [0.3, 0.4) is 0 Å². The molecule has 0 aromatic carbocycles. The quantitative estimate of drug-likeness (QED) is 0.583. The van der Waals surface area contributed by atoms with Crippen molar-refractivity contribution in [1.29, 1.82) is 0 Å². The molecule has 5 rings (SSSR count). The minimum absolute atomic E-state index is 0.105. The van der Waals surface area contributed by atoms with Crippen molar-refractivity contribution in [1.82, 2.24) is 24.7 Å². The summed E-state index contributed by atoms with van der Waals surface area (Å²) in [6.45, 7) is 1.61. The van der Waals surface area contributed by atoms with E-state index in [1.165, 1.54) is 18.3 Å². The molecule has 0 spiro atoms. The van der Waals surface area contributed by atoms with E-state index in [9.17, 15) is 22.0 Å². The lowest BCUT2D eigenvalue weighted by atomic mass is 10.0. The second-order valence-corrected chi connectivity index (χ2v) is 7.85. The van der Waals surface area contributed by atoms with Crippen LogP contribution in [0, 0.1) is 11.8 Å². The van der Waals surface area contributed by atoms with E-state index in [0.717, 1.165) is 10.9 Å². The van der Waals surface area contributed by atoms with E-state index < -0.39 is 24.8 Å². The molecule has 0 bridgehead atoms. The highest BCUT2D eigenvalue weighted by molar-refractivity contribution is 5.71. The van der Waals surface area contributed by atoms with E-state index in [1.54, 1.807) is 11.1 Å². The van der Waals surface area contributed by atoms with Gasteiger partial charge in [0, 0.05) is 44.2 Å². The Morgan fingerprint density at radius 1 is 1.00 bits per heavy atom. The standard InChI is InChI=1S/C19H18F5N7/c20-15(21)10-31-18-13(4-27-31)26-5-16(28-18)30-8-11-6-29(7-12(11)9-30)14-2-1-3-25-17(14)19(22,23)24/h1-5,11-12,15H,6-10H2/t11-,12+. The lowest BCUT2D eigenvalue weighted by molar-refractivity contribution is -0.140. The number of rotatable bonds is 4. The Morgan fingerprint density at radius 3 is 2.39 bits per heavy atom. The fourth-order valence-corrected chi connectivity index (χ4v) is 4.50. The van der Waals surface area contributed by atoms with Crippen molar-refractivity contribution in [3.05, 3.63) is 36.4 Å². The maximum atomic E-state index is 13.3. The van der Waals surface area contributed by atoms with Crippen LogP contribution in [0.5, 0.6) is 0 Å². The minimum Gasteiger partial charge on any atom is -0.369 e. The third-order valence-corrected chi connectivity index (χ3v) is 5.85. The Balaban J connectivity index is 1.33. The Labute approximate surface area is 173 Å². The molecule has 2 aliphatic heterocycles. The van der Waals surface area contributed by atoms with Gasteiger partial charge in [-0.15, -0.1) is 0 Å². The Morgan fingerprint density at radius 2 is 1.71 bits per heavy atom. The molecule has 0 amide bonds. The van der Waals surface area contributed by atoms with Gasteiger partial charge in [0.05, 0.1) is 18.1 Å². The third kappa shape index (κ3) is 3.63. The summed E-state index contributed by atoms with van der Waals surface area (Å²) < 4.78 is 66.6. The zero-order valence-electron chi connectivity index (χ0n) is 16.2. The van der Waals surface area contributed by atoms with Gasteiger partial charge in [-0.1, -0.05) is 0 Å². The van der Waals surface area contributed by atoms with Gasteiger partial charge in [0.2, 0.25) is 0 Å². The monoisotopic (exact) mass is 439 g/mol. The van der Waals surface area contributed by atoms with Gasteiger partial charge in [-0.2, -0.15) is 18.3 Å². The highest BCUT2D eigenvalue weighted by atomic mass is 19.4. The van der Waals surface area contributed by atoms with Crippen LogP contribution in [0.4, 0.5) is 33.5 Å². The Kier molecular flexibility index (Phi) is 4.67. The average molecular weight is 439 g/mol. The van der Waals surface area contributed by atoms with Crippen LogP contribution in [0.25, 0.3) is 11.2 Å². The first-order chi connectivity index (χ1) is 14.8. The molecule has 3 aromatic rings. The fraction of sp³-hybridized carbons (Fsp3) is 0.474. The largest absolute Gasteiger partial charge is 0.435 e. The smallest absolute Gasteiger partial charge is 0.369 e. The molecule has 12 heteroatoms. The van der Waals surface area contributed by atoms with Crippen molar-refractivity contribution in [2.75, 3.05) is 36.0 Å². The second kappa shape index (κ2) is 7.27. The molecule has 2 aliphatic rings. The molecule has 31 heavy (non-hydrogen) atoms. The predicted octanol–water partition coefficient (Wildman–Crippen LogP) is 3.08. The summed E-state index contributed by atoms with van der Waals surface area (Å²) in [6, 6.07) is 2.97. The molecule has 0 saturated carbocycles. The first kappa shape index (κ1) is 19.9. The van der Waals surface area contributed by atoms with Crippen molar-refractivity contribution < 1.29 is 22.0 Å². The van der Waals surface area contributed by atoms with Crippen LogP contribution in [0.2, 0.25) is 0 Å². The molecule has 0 N–H and O–H groups in total. The summed E-state index contributed by atoms with van der Waals surface area (Å²) in [5.41, 5.74) is -0.0311. The SMILES string of the molecule is FC(F)Cn1ncc2ncc(N3C[C@@H]4CN(c5cccnc5C(F)(F)F)C[C@@H]4C3)nc21. The van der Waals surface area contributed by atoms with E-state index in [4.69, 9.17) is 0 Å². The Bertz CT molecular complexity index is 1080. The highest BCUT2D eigenvalue weighted by Crippen LogP contribution is 2.40. The minimum atomic E-state index is -4.51. The molecule has 0 aliphatic carbocycles. The summed E-state index contributed by atoms with van der Waals surface area (Å²) in [7, 11) is 0. The van der Waals surface area contributed by atoms with Crippen LogP contribution in [-0.2, 0) is 12.7 Å². The van der Waals surface area contributed by atoms with E-state index in [2.05, 4.69) is 20.1 Å². The number of halogens is 5. The molecular formula is C19H18F5N7. The number of fused-ring (bicyclic) bond motifs is 2. The van der Waals surface area contributed by atoms with Crippen LogP contribution in [0.1, 0.15) is 5.69 Å². The fourth-order valence-electron chi connectivity index (χ4n) is 4.50. The number of anilines is 2. The molecule has 0 unspecified atom stereocenters. The average Bonchev–Trinajstić information content (AvgIpc) is 3.40. The normalized spacial score (nSPS) is 21.5. The first-order valence-corrected chi connectivity index (χ1v) is 9.78. The molecule has 2 fully saturated rings. The topological polar surface area (TPSA) is 63.0 Å². The number of pyridine rings is 1. The van der Waals surface area contributed by atoms with Gasteiger partial charge < -0.3 is 9.80 Å². The molecule has 2 atom stereocenters. The van der Waals surface area contributed by atoms with Crippen LogP contribution >= 0.6 is 0 Å². The lowest BCUT2D eigenvalue weighted by Gasteiger charge is -2.25. The van der Waals surface area contributed by atoms with Gasteiger partial charge in [0.25, 0.3) is 6.43 Å². The number of hydrogen-bond acceptors (Lipinski definition) is 6. The van der Waals surface area contributed by atoms with Crippen LogP contribution < -0.4 is 9.80 Å². The molecule has 164 valence electrons. The van der Waals surface area contributed by atoms with E-state index in [-0.39, 0.29) is 17.5 Å². The van der Waals surface area contributed by atoms with Crippen molar-refractivity contribution in [3.8, 4) is 0 Å². The van der Waals surface area contributed by atoms with E-state index >= 15 is 0 Å². The summed E-state index contributed by atoms with van der Waals surface area (Å²) >= 11 is 0. The number of hydrogen-bond donors (Lipinski definition) is 0. The third-order valence-electron chi connectivity index (χ3n) is 5.85. The van der Waals surface area contributed by atoms with Gasteiger partial charge in [0.1, 0.15) is 17.9 Å². The molecule has 5 heterocycles. The molecule has 7 nitrogen and oxygen atoms in total. The summed E-state index contributed by atoms with van der Waals surface area (Å²) in [5, 5.41) is 3.92. The summed E-state index contributed by atoms with van der Waals surface area (Å²) in [5.74, 6) is 0.872. The maximum Gasteiger partial charge on any atom is 0.435 e. The van der Waals surface area contributed by atoms with Crippen molar-refractivity contribution in [2.24, 2.45) is 11.8 Å². The first-order valence-electron chi connectivity index (χ1n) is 9.78. The highest BCUT2D eigenvalue weighted by Gasteiger charge is 2.44. The number of aromatic nitrogens is 5. The maximum absolute atomic E-state index is 13.3. The zero-order valence-corrected chi connectivity index (χ0v) is 16.2. The van der Waals surface area contributed by atoms with Crippen molar-refractivity contribution in [2.45, 2.75) is 19.1 Å². The lowest BCUT2D eigenvalue weighted by Crippen LogP contribution is -2.30. The number of alkyl halides is 5. The van der Waals surface area contributed by atoms with E-state index in [0.29, 0.717) is 43.2 Å². The van der Waals surface area contributed by atoms with Gasteiger partial charge in [-0.05, 0) is 12.1 Å². The number of nitrogens with zero attached hydrogens (tertiary/aromatic N) is 7. The van der Waals surface area contributed by atoms with Gasteiger partial charge >= 0.3 is 6.18 Å². The van der Waals surface area contributed by atoms with Gasteiger partial charge in [-0.25, -0.2) is 28.4 Å². The summed E-state index contributed by atoms with van der Waals surface area (Å²) in [6.07, 6.45) is -2.93. The summed E-state index contributed by atoms with van der Waals surface area (Å²) in [4.78, 5) is 16.1. The molecule has 2 saturated heterocycles. The second-order valence-electron chi connectivity index (χ2n) is 7.85. The predicted molar refractivity (Wildman–Crippen MR) is 102 cm³/mol. The molecular weight excluding hydrogens is 421 g/mol. The van der Waals surface area contributed by atoms with Crippen LogP contribution in [-0.4, -0.2) is 57.3 Å². The van der Waals surface area contributed by atoms with Gasteiger partial charge in [0.15, 0.2) is 11.3 Å². The zero-order chi connectivity index (χ0) is 21.8. The molecule has 3 aromatic heterocycles. The Hall–Kier alpha value is -3.05. The van der Waals surface area contributed by atoms with Crippen molar-refractivity contribution in [3.63, 3.8) is 0 Å². The van der Waals surface area contributed by atoms with Crippen LogP contribution in [0.15, 0.2) is 30.7 Å².